The SMILES string of the molecule is Nc1c(C(=O)NNC(=O)C2CCC[C@@H](N)C2)n(CCS(=O)(=O)c2ccccc2)c2ccccc12. The fourth-order valence-electron chi connectivity index (χ4n) is 4.51. The van der Waals surface area contributed by atoms with Crippen LogP contribution in [0.3, 0.4) is 0 Å². The summed E-state index contributed by atoms with van der Waals surface area (Å²) in [6.45, 7) is 0.0170. The van der Waals surface area contributed by atoms with Crippen molar-refractivity contribution >= 4 is 38.2 Å². The Morgan fingerprint density at radius 1 is 1.00 bits per heavy atom. The highest BCUT2D eigenvalue weighted by Crippen LogP contribution is 2.29. The molecule has 2 atom stereocenters. The monoisotopic (exact) mass is 483 g/mol. The van der Waals surface area contributed by atoms with Crippen LogP contribution >= 0.6 is 0 Å². The maximum atomic E-state index is 13.1. The summed E-state index contributed by atoms with van der Waals surface area (Å²) in [5, 5.41) is 0.634. The first kappa shape index (κ1) is 23.8. The normalized spacial score (nSPS) is 18.5. The van der Waals surface area contributed by atoms with E-state index < -0.39 is 15.7 Å². The van der Waals surface area contributed by atoms with Crippen LogP contribution in [-0.2, 0) is 21.2 Å². The van der Waals surface area contributed by atoms with E-state index in [1.54, 1.807) is 47.0 Å². The number of hydrazine groups is 1. The number of aromatic nitrogens is 1. The van der Waals surface area contributed by atoms with E-state index in [0.717, 1.165) is 19.3 Å². The minimum absolute atomic E-state index is 0.0170. The van der Waals surface area contributed by atoms with Gasteiger partial charge in [0, 0.05) is 23.9 Å². The van der Waals surface area contributed by atoms with Gasteiger partial charge in [-0.05, 0) is 37.5 Å². The van der Waals surface area contributed by atoms with Crippen molar-refractivity contribution in [2.24, 2.45) is 11.7 Å². The molecule has 1 heterocycles. The number of hydrogen-bond acceptors (Lipinski definition) is 6. The number of carbonyl (C=O) groups is 2. The Morgan fingerprint density at radius 3 is 2.44 bits per heavy atom. The van der Waals surface area contributed by atoms with Crippen molar-refractivity contribution in [3.8, 4) is 0 Å². The molecule has 34 heavy (non-hydrogen) atoms. The Balaban J connectivity index is 1.56. The molecule has 4 rings (SSSR count). The first-order valence-electron chi connectivity index (χ1n) is 11.3. The van der Waals surface area contributed by atoms with E-state index in [2.05, 4.69) is 10.9 Å². The number of amides is 2. The molecule has 0 bridgehead atoms. The van der Waals surface area contributed by atoms with Crippen LogP contribution in [0.2, 0.25) is 0 Å². The number of nitrogens with two attached hydrogens (primary N) is 2. The minimum Gasteiger partial charge on any atom is -0.396 e. The van der Waals surface area contributed by atoms with Gasteiger partial charge in [-0.15, -0.1) is 0 Å². The van der Waals surface area contributed by atoms with Crippen molar-refractivity contribution in [2.45, 2.75) is 43.2 Å². The molecular weight excluding hydrogens is 454 g/mol. The van der Waals surface area contributed by atoms with Gasteiger partial charge >= 0.3 is 0 Å². The molecule has 0 aliphatic heterocycles. The van der Waals surface area contributed by atoms with Crippen LogP contribution in [0, 0.1) is 5.92 Å². The summed E-state index contributed by atoms with van der Waals surface area (Å²) in [6, 6.07) is 15.3. The molecule has 2 aromatic carbocycles. The number of nitrogen functional groups attached to an aromatic ring is 1. The van der Waals surface area contributed by atoms with Gasteiger partial charge in [-0.1, -0.05) is 42.8 Å². The number of carbonyl (C=O) groups excluding carboxylic acids is 2. The van der Waals surface area contributed by atoms with Gasteiger partial charge in [-0.2, -0.15) is 0 Å². The van der Waals surface area contributed by atoms with Gasteiger partial charge in [-0.3, -0.25) is 20.4 Å². The Hall–Kier alpha value is -3.37. The van der Waals surface area contributed by atoms with Gasteiger partial charge in [0.2, 0.25) is 5.91 Å². The number of fused-ring (bicyclic) bond motifs is 1. The molecule has 1 aliphatic carbocycles. The van der Waals surface area contributed by atoms with Crippen LogP contribution < -0.4 is 22.3 Å². The summed E-state index contributed by atoms with van der Waals surface area (Å²) < 4.78 is 27.3. The number of nitrogens with zero attached hydrogens (tertiary/aromatic N) is 1. The van der Waals surface area contributed by atoms with Crippen molar-refractivity contribution in [1.29, 1.82) is 0 Å². The van der Waals surface area contributed by atoms with E-state index in [9.17, 15) is 18.0 Å². The quantitative estimate of drug-likeness (QED) is 0.394. The second-order valence-corrected chi connectivity index (χ2v) is 10.7. The highest BCUT2D eigenvalue weighted by Gasteiger charge is 2.27. The highest BCUT2D eigenvalue weighted by atomic mass is 32.2. The summed E-state index contributed by atoms with van der Waals surface area (Å²) in [6.07, 6.45) is 3.04. The predicted octanol–water partition coefficient (Wildman–Crippen LogP) is 1.98. The molecule has 10 heteroatoms. The highest BCUT2D eigenvalue weighted by molar-refractivity contribution is 7.91. The maximum absolute atomic E-state index is 13.1. The standard InChI is InChI=1S/C24H29N5O4S/c25-17-8-6-7-16(15-17)23(30)27-28-24(31)22-21(26)19-11-4-5-12-20(19)29(22)13-14-34(32,33)18-9-2-1-3-10-18/h1-5,9-12,16-17H,6-8,13-15,25-26H2,(H,27,30)(H,28,31)/t16?,17-/m1/s1. The topological polar surface area (TPSA) is 149 Å². The van der Waals surface area contributed by atoms with Crippen LogP contribution in [0.1, 0.15) is 36.2 Å². The molecule has 2 amide bonds. The second kappa shape index (κ2) is 9.86. The summed E-state index contributed by atoms with van der Waals surface area (Å²) in [5.74, 6) is -1.39. The maximum Gasteiger partial charge on any atom is 0.288 e. The van der Waals surface area contributed by atoms with E-state index in [4.69, 9.17) is 11.5 Å². The zero-order valence-corrected chi connectivity index (χ0v) is 19.6. The minimum atomic E-state index is -3.58. The van der Waals surface area contributed by atoms with Gasteiger partial charge in [-0.25, -0.2) is 8.42 Å². The average Bonchev–Trinajstić information content (AvgIpc) is 3.13. The van der Waals surface area contributed by atoms with Crippen molar-refractivity contribution in [3.63, 3.8) is 0 Å². The summed E-state index contributed by atoms with van der Waals surface area (Å²) in [7, 11) is -3.58. The van der Waals surface area contributed by atoms with E-state index in [0.29, 0.717) is 17.3 Å². The first-order chi connectivity index (χ1) is 16.3. The van der Waals surface area contributed by atoms with E-state index in [-0.39, 0.29) is 46.4 Å². The predicted molar refractivity (Wildman–Crippen MR) is 130 cm³/mol. The fourth-order valence-corrected chi connectivity index (χ4v) is 5.74. The van der Waals surface area contributed by atoms with Crippen LogP contribution in [0.15, 0.2) is 59.5 Å². The summed E-state index contributed by atoms with van der Waals surface area (Å²) >= 11 is 0. The molecule has 0 radical (unpaired) electrons. The lowest BCUT2D eigenvalue weighted by atomic mass is 9.86. The third kappa shape index (κ3) is 4.92. The lowest BCUT2D eigenvalue weighted by Crippen LogP contribution is -2.47. The Bertz CT molecular complexity index is 1300. The number of aryl methyl sites for hydroxylation is 1. The number of hydrogen-bond donors (Lipinski definition) is 4. The van der Waals surface area contributed by atoms with Gasteiger partial charge in [0.25, 0.3) is 5.91 Å². The molecule has 1 aliphatic rings. The van der Waals surface area contributed by atoms with Crippen molar-refractivity contribution in [3.05, 3.63) is 60.3 Å². The number of anilines is 1. The molecule has 6 N–H and O–H groups in total. The lowest BCUT2D eigenvalue weighted by molar-refractivity contribution is -0.126. The average molecular weight is 484 g/mol. The number of rotatable bonds is 6. The lowest BCUT2D eigenvalue weighted by Gasteiger charge is -2.25. The number of nitrogens with one attached hydrogen (secondary N) is 2. The van der Waals surface area contributed by atoms with Crippen LogP contribution in [0.5, 0.6) is 0 Å². The molecule has 1 aromatic heterocycles. The Labute approximate surface area is 198 Å². The van der Waals surface area contributed by atoms with E-state index in [1.165, 1.54) is 12.1 Å². The summed E-state index contributed by atoms with van der Waals surface area (Å²) in [5.41, 5.74) is 18.2. The zero-order valence-electron chi connectivity index (χ0n) is 18.7. The van der Waals surface area contributed by atoms with Crippen molar-refractivity contribution in [2.75, 3.05) is 11.5 Å². The van der Waals surface area contributed by atoms with Gasteiger partial charge < -0.3 is 16.0 Å². The Kier molecular flexibility index (Phi) is 6.90. The van der Waals surface area contributed by atoms with Crippen LogP contribution in [0.4, 0.5) is 5.69 Å². The largest absolute Gasteiger partial charge is 0.396 e. The fraction of sp³-hybridized carbons (Fsp3) is 0.333. The molecule has 0 spiro atoms. The smallest absolute Gasteiger partial charge is 0.288 e. The molecule has 1 fully saturated rings. The van der Waals surface area contributed by atoms with E-state index in [1.807, 2.05) is 0 Å². The van der Waals surface area contributed by atoms with Crippen molar-refractivity contribution in [1.82, 2.24) is 15.4 Å². The zero-order chi connectivity index (χ0) is 24.3. The molecule has 1 saturated carbocycles. The third-order valence-electron chi connectivity index (χ3n) is 6.30. The third-order valence-corrected chi connectivity index (χ3v) is 8.01. The van der Waals surface area contributed by atoms with Crippen LogP contribution in [-0.4, -0.2) is 36.6 Å². The van der Waals surface area contributed by atoms with Crippen molar-refractivity contribution < 1.29 is 18.0 Å². The molecule has 9 nitrogen and oxygen atoms in total. The van der Waals surface area contributed by atoms with Gasteiger partial charge in [0.05, 0.1) is 21.9 Å². The van der Waals surface area contributed by atoms with Gasteiger partial charge in [0.15, 0.2) is 9.84 Å². The first-order valence-corrected chi connectivity index (χ1v) is 12.9. The number of benzene rings is 2. The molecular formula is C24H29N5O4S. The number of sulfone groups is 1. The number of para-hydroxylation sites is 1. The van der Waals surface area contributed by atoms with Gasteiger partial charge in [0.1, 0.15) is 5.69 Å². The molecule has 0 saturated heterocycles. The summed E-state index contributed by atoms with van der Waals surface area (Å²) in [4.78, 5) is 25.8. The van der Waals surface area contributed by atoms with E-state index >= 15 is 0 Å². The Morgan fingerprint density at radius 2 is 1.71 bits per heavy atom. The molecule has 1 unspecified atom stereocenters. The second-order valence-electron chi connectivity index (χ2n) is 8.63. The molecule has 180 valence electrons. The molecule has 3 aromatic rings. The van der Waals surface area contributed by atoms with Crippen LogP contribution in [0.25, 0.3) is 10.9 Å².